The van der Waals surface area contributed by atoms with Crippen LogP contribution in [0.2, 0.25) is 0 Å². The Kier molecular flexibility index (Phi) is 2.99. The van der Waals surface area contributed by atoms with Crippen LogP contribution in [0.4, 0.5) is 5.69 Å². The lowest BCUT2D eigenvalue weighted by Gasteiger charge is -2.03. The van der Waals surface area contributed by atoms with Gasteiger partial charge in [0.2, 0.25) is 0 Å². The summed E-state index contributed by atoms with van der Waals surface area (Å²) in [5.41, 5.74) is 1.02. The molecule has 0 saturated heterocycles. The molecule has 2 rings (SSSR count). The van der Waals surface area contributed by atoms with Gasteiger partial charge >= 0.3 is 0 Å². The first kappa shape index (κ1) is 11.3. The van der Waals surface area contributed by atoms with Crippen molar-refractivity contribution in [3.63, 3.8) is 0 Å². The van der Waals surface area contributed by atoms with Gasteiger partial charge in [-0.1, -0.05) is 0 Å². The Bertz CT molecular complexity index is 662. The Hall–Kier alpha value is -3.19. The molecular formula is C11H6N6O. The minimum absolute atomic E-state index is 0.137. The van der Waals surface area contributed by atoms with Gasteiger partial charge in [0.25, 0.3) is 5.91 Å². The van der Waals surface area contributed by atoms with Gasteiger partial charge in [-0.05, 0) is 18.2 Å². The van der Waals surface area contributed by atoms with Crippen LogP contribution in [0.25, 0.3) is 0 Å². The summed E-state index contributed by atoms with van der Waals surface area (Å²) in [5.74, 6) is -0.447. The number of benzene rings is 1. The van der Waals surface area contributed by atoms with Gasteiger partial charge in [-0.15, -0.1) is 0 Å². The second kappa shape index (κ2) is 4.76. The Morgan fingerprint density at radius 3 is 2.67 bits per heavy atom. The average molecular weight is 238 g/mol. The summed E-state index contributed by atoms with van der Waals surface area (Å²) in [7, 11) is 0. The van der Waals surface area contributed by atoms with Crippen molar-refractivity contribution in [2.75, 3.05) is 5.32 Å². The van der Waals surface area contributed by atoms with E-state index in [2.05, 4.69) is 20.7 Å². The standard InChI is InChI=1S/C11H6N6O/c12-4-7-1-2-9(3-8(7)5-13)15-11(18)10-6-14-17-16-10/h1-3,6H,(H,15,18)(H,14,16,17). The number of rotatable bonds is 2. The van der Waals surface area contributed by atoms with E-state index in [1.54, 1.807) is 0 Å². The second-order valence-electron chi connectivity index (χ2n) is 3.29. The molecule has 0 fully saturated rings. The molecule has 0 aliphatic carbocycles. The number of anilines is 1. The smallest absolute Gasteiger partial charge is 0.277 e. The predicted molar refractivity (Wildman–Crippen MR) is 60.2 cm³/mol. The van der Waals surface area contributed by atoms with E-state index in [9.17, 15) is 4.79 Å². The molecule has 7 nitrogen and oxygen atoms in total. The van der Waals surface area contributed by atoms with E-state index < -0.39 is 5.91 Å². The molecule has 0 atom stereocenters. The van der Waals surface area contributed by atoms with Crippen molar-refractivity contribution in [2.45, 2.75) is 0 Å². The fourth-order valence-corrected chi connectivity index (χ4v) is 1.32. The molecule has 0 unspecified atom stereocenters. The number of hydrogen-bond donors (Lipinski definition) is 2. The van der Waals surface area contributed by atoms with Gasteiger partial charge in [-0.3, -0.25) is 4.79 Å². The molecule has 0 spiro atoms. The molecule has 0 saturated carbocycles. The number of H-pyrrole nitrogens is 1. The van der Waals surface area contributed by atoms with Gasteiger partial charge in [0.1, 0.15) is 12.1 Å². The summed E-state index contributed by atoms with van der Waals surface area (Å²) >= 11 is 0. The fourth-order valence-electron chi connectivity index (χ4n) is 1.32. The van der Waals surface area contributed by atoms with Gasteiger partial charge < -0.3 is 5.32 Å². The van der Waals surface area contributed by atoms with Crippen molar-refractivity contribution in [3.8, 4) is 12.1 Å². The molecule has 1 aromatic heterocycles. The maximum atomic E-state index is 11.6. The average Bonchev–Trinajstić information content (AvgIpc) is 2.92. The normalized spacial score (nSPS) is 9.22. The summed E-state index contributed by atoms with van der Waals surface area (Å²) in [6, 6.07) is 8.21. The van der Waals surface area contributed by atoms with Crippen LogP contribution in [0.1, 0.15) is 21.6 Å². The van der Waals surface area contributed by atoms with Crippen molar-refractivity contribution in [1.29, 1.82) is 10.5 Å². The van der Waals surface area contributed by atoms with E-state index in [1.807, 2.05) is 12.1 Å². The number of aromatic nitrogens is 3. The Morgan fingerprint density at radius 1 is 1.28 bits per heavy atom. The number of aromatic amines is 1. The van der Waals surface area contributed by atoms with Crippen LogP contribution in [-0.4, -0.2) is 21.3 Å². The molecule has 0 aliphatic rings. The highest BCUT2D eigenvalue weighted by Gasteiger charge is 2.10. The number of nitrogens with one attached hydrogen (secondary N) is 2. The van der Waals surface area contributed by atoms with Crippen LogP contribution in [0.15, 0.2) is 24.4 Å². The molecule has 1 aromatic carbocycles. The van der Waals surface area contributed by atoms with Crippen LogP contribution in [0, 0.1) is 22.7 Å². The van der Waals surface area contributed by atoms with Gasteiger partial charge in [0, 0.05) is 5.69 Å². The van der Waals surface area contributed by atoms with Gasteiger partial charge in [0.05, 0.1) is 17.3 Å². The molecule has 7 heteroatoms. The largest absolute Gasteiger partial charge is 0.321 e. The third kappa shape index (κ3) is 2.15. The van der Waals surface area contributed by atoms with E-state index >= 15 is 0 Å². The van der Waals surface area contributed by atoms with Gasteiger partial charge in [-0.2, -0.15) is 25.9 Å². The minimum Gasteiger partial charge on any atom is -0.321 e. The third-order valence-corrected chi connectivity index (χ3v) is 2.17. The maximum absolute atomic E-state index is 11.6. The number of hydrogen-bond acceptors (Lipinski definition) is 5. The fraction of sp³-hybridized carbons (Fsp3) is 0. The highest BCUT2D eigenvalue weighted by atomic mass is 16.2. The van der Waals surface area contributed by atoms with Crippen molar-refractivity contribution in [3.05, 3.63) is 41.2 Å². The molecule has 18 heavy (non-hydrogen) atoms. The SMILES string of the molecule is N#Cc1ccc(NC(=O)c2cn[nH]n2)cc1C#N. The Morgan fingerprint density at radius 2 is 2.06 bits per heavy atom. The van der Waals surface area contributed by atoms with E-state index in [0.717, 1.165) is 0 Å². The molecule has 0 bridgehead atoms. The number of carbonyl (C=O) groups excluding carboxylic acids is 1. The molecule has 2 aromatic rings. The van der Waals surface area contributed by atoms with Crippen LogP contribution in [0.5, 0.6) is 0 Å². The Labute approximate surface area is 102 Å². The van der Waals surface area contributed by atoms with Crippen molar-refractivity contribution >= 4 is 11.6 Å². The van der Waals surface area contributed by atoms with Crippen molar-refractivity contribution in [2.24, 2.45) is 0 Å². The number of nitrogens with zero attached hydrogens (tertiary/aromatic N) is 4. The predicted octanol–water partition coefficient (Wildman–Crippen LogP) is 0.800. The zero-order valence-corrected chi connectivity index (χ0v) is 9.01. The summed E-state index contributed by atoms with van der Waals surface area (Å²) in [5, 5.41) is 29.6. The van der Waals surface area contributed by atoms with E-state index in [0.29, 0.717) is 5.69 Å². The molecule has 1 heterocycles. The first-order valence-corrected chi connectivity index (χ1v) is 4.86. The van der Waals surface area contributed by atoms with E-state index in [1.165, 1.54) is 24.4 Å². The molecule has 0 radical (unpaired) electrons. The second-order valence-corrected chi connectivity index (χ2v) is 3.29. The minimum atomic E-state index is -0.447. The van der Waals surface area contributed by atoms with Crippen molar-refractivity contribution < 1.29 is 4.79 Å². The number of nitriles is 2. The van der Waals surface area contributed by atoms with Crippen LogP contribution >= 0.6 is 0 Å². The topological polar surface area (TPSA) is 118 Å². The van der Waals surface area contributed by atoms with Crippen LogP contribution in [0.3, 0.4) is 0 Å². The highest BCUT2D eigenvalue weighted by Crippen LogP contribution is 2.15. The first-order valence-electron chi connectivity index (χ1n) is 4.86. The highest BCUT2D eigenvalue weighted by molar-refractivity contribution is 6.02. The molecule has 1 amide bonds. The van der Waals surface area contributed by atoms with Gasteiger partial charge in [-0.25, -0.2) is 0 Å². The van der Waals surface area contributed by atoms with E-state index in [-0.39, 0.29) is 16.8 Å². The van der Waals surface area contributed by atoms with Crippen LogP contribution in [-0.2, 0) is 0 Å². The number of amides is 1. The van der Waals surface area contributed by atoms with Gasteiger partial charge in [0.15, 0.2) is 5.69 Å². The number of carbonyl (C=O) groups is 1. The maximum Gasteiger partial charge on any atom is 0.277 e. The molecule has 0 aliphatic heterocycles. The van der Waals surface area contributed by atoms with E-state index in [4.69, 9.17) is 10.5 Å². The summed E-state index contributed by atoms with van der Waals surface area (Å²) < 4.78 is 0. The molecule has 86 valence electrons. The summed E-state index contributed by atoms with van der Waals surface area (Å²) in [6.45, 7) is 0. The van der Waals surface area contributed by atoms with Crippen LogP contribution < -0.4 is 5.32 Å². The lowest BCUT2D eigenvalue weighted by molar-refractivity contribution is 0.102. The zero-order chi connectivity index (χ0) is 13.0. The summed E-state index contributed by atoms with van der Waals surface area (Å²) in [4.78, 5) is 11.6. The molecule has 2 N–H and O–H groups in total. The van der Waals surface area contributed by atoms with Crippen molar-refractivity contribution in [1.82, 2.24) is 15.4 Å². The Balaban J connectivity index is 2.24. The third-order valence-electron chi connectivity index (χ3n) is 2.17. The first-order chi connectivity index (χ1) is 8.74. The lowest BCUT2D eigenvalue weighted by Crippen LogP contribution is -2.12. The lowest BCUT2D eigenvalue weighted by atomic mass is 10.1. The zero-order valence-electron chi connectivity index (χ0n) is 9.01. The molecular weight excluding hydrogens is 232 g/mol. The monoisotopic (exact) mass is 238 g/mol. The quantitative estimate of drug-likeness (QED) is 0.802. The summed E-state index contributed by atoms with van der Waals surface area (Å²) in [6.07, 6.45) is 1.28.